The molecule has 5 nitrogen and oxygen atoms in total. The molecule has 3 aromatic rings. The molecule has 4 rings (SSSR count). The van der Waals surface area contributed by atoms with Gasteiger partial charge in [0.05, 0.1) is 6.20 Å². The van der Waals surface area contributed by atoms with Gasteiger partial charge in [0.1, 0.15) is 0 Å². The highest BCUT2D eigenvalue weighted by atomic mass is 35.5. The molecule has 24 heavy (non-hydrogen) atoms. The van der Waals surface area contributed by atoms with Crippen molar-refractivity contribution in [3.8, 4) is 0 Å². The number of hydrogen-bond acceptors (Lipinski definition) is 5. The summed E-state index contributed by atoms with van der Waals surface area (Å²) >= 11 is 5.91. The zero-order valence-corrected chi connectivity index (χ0v) is 13.9. The third-order valence-corrected chi connectivity index (χ3v) is 4.35. The quantitative estimate of drug-likeness (QED) is 0.770. The Morgan fingerprint density at radius 1 is 1.12 bits per heavy atom. The van der Waals surface area contributed by atoms with E-state index in [9.17, 15) is 0 Å². The minimum Gasteiger partial charge on any atom is -0.323 e. The topological polar surface area (TPSA) is 53.9 Å². The van der Waals surface area contributed by atoms with Gasteiger partial charge < -0.3 is 10.2 Å². The molecule has 0 saturated carbocycles. The minimum atomic E-state index is 0.336. The fourth-order valence-electron chi connectivity index (χ4n) is 3.04. The van der Waals surface area contributed by atoms with Gasteiger partial charge in [0.2, 0.25) is 5.95 Å². The molecule has 0 amide bonds. The predicted octanol–water partition coefficient (Wildman–Crippen LogP) is 4.35. The highest BCUT2D eigenvalue weighted by molar-refractivity contribution is 6.30. The predicted molar refractivity (Wildman–Crippen MR) is 96.3 cm³/mol. The monoisotopic (exact) mass is 337 g/mol. The fourth-order valence-corrected chi connectivity index (χ4v) is 3.17. The summed E-state index contributed by atoms with van der Waals surface area (Å²) in [6, 6.07) is 16.1. The number of para-hydroxylation sites is 1. The van der Waals surface area contributed by atoms with Crippen LogP contribution in [0.4, 0.5) is 23.1 Å². The van der Waals surface area contributed by atoms with Crippen LogP contribution < -0.4 is 10.2 Å². The largest absolute Gasteiger partial charge is 0.323 e. The van der Waals surface area contributed by atoms with Crippen LogP contribution in [-0.4, -0.2) is 21.2 Å². The van der Waals surface area contributed by atoms with Gasteiger partial charge in [0.15, 0.2) is 5.82 Å². The normalized spacial score (nSPS) is 16.1. The van der Waals surface area contributed by atoms with Crippen LogP contribution in [0.2, 0.25) is 5.02 Å². The second-order valence-electron chi connectivity index (χ2n) is 5.82. The number of hydrogen-bond donors (Lipinski definition) is 1. The summed E-state index contributed by atoms with van der Waals surface area (Å²) in [5, 5.41) is 12.0. The van der Waals surface area contributed by atoms with Crippen molar-refractivity contribution in [1.29, 1.82) is 0 Å². The lowest BCUT2D eigenvalue weighted by atomic mass is 10.1. The zero-order valence-electron chi connectivity index (χ0n) is 13.1. The van der Waals surface area contributed by atoms with Crippen LogP contribution in [0, 0.1) is 0 Å². The van der Waals surface area contributed by atoms with Crippen LogP contribution in [0.25, 0.3) is 0 Å². The second-order valence-corrected chi connectivity index (χ2v) is 6.26. The summed E-state index contributed by atoms with van der Waals surface area (Å²) in [6.07, 6.45) is 2.70. The highest BCUT2D eigenvalue weighted by Gasteiger charge is 2.28. The lowest BCUT2D eigenvalue weighted by molar-refractivity contribution is 0.745. The molecule has 0 bridgehead atoms. The number of nitrogens with one attached hydrogen (secondary N) is 1. The van der Waals surface area contributed by atoms with E-state index < -0.39 is 0 Å². The molecule has 0 spiro atoms. The van der Waals surface area contributed by atoms with Crippen molar-refractivity contribution in [3.63, 3.8) is 0 Å². The molecule has 1 aliphatic rings. The molecule has 0 saturated heterocycles. The van der Waals surface area contributed by atoms with Gasteiger partial charge in [0, 0.05) is 22.4 Å². The van der Waals surface area contributed by atoms with Crippen molar-refractivity contribution >= 4 is 34.7 Å². The molecular weight excluding hydrogens is 322 g/mol. The van der Waals surface area contributed by atoms with E-state index in [1.165, 1.54) is 11.3 Å². The number of benzene rings is 2. The molecule has 1 aromatic heterocycles. The van der Waals surface area contributed by atoms with Gasteiger partial charge in [-0.2, -0.15) is 10.1 Å². The highest BCUT2D eigenvalue weighted by Crippen LogP contribution is 2.37. The van der Waals surface area contributed by atoms with Crippen LogP contribution in [-0.2, 0) is 6.42 Å². The fraction of sp³-hybridized carbons (Fsp3) is 0.167. The Bertz CT molecular complexity index is 865. The van der Waals surface area contributed by atoms with Crippen molar-refractivity contribution in [2.75, 3.05) is 10.2 Å². The van der Waals surface area contributed by atoms with E-state index in [4.69, 9.17) is 11.6 Å². The van der Waals surface area contributed by atoms with Crippen LogP contribution in [0.15, 0.2) is 54.7 Å². The van der Waals surface area contributed by atoms with Gasteiger partial charge in [0.25, 0.3) is 0 Å². The maximum absolute atomic E-state index is 5.91. The lowest BCUT2D eigenvalue weighted by Gasteiger charge is -2.23. The van der Waals surface area contributed by atoms with Crippen molar-refractivity contribution in [1.82, 2.24) is 15.2 Å². The summed E-state index contributed by atoms with van der Waals surface area (Å²) in [4.78, 5) is 6.84. The number of halogens is 1. The Morgan fingerprint density at radius 3 is 2.75 bits per heavy atom. The molecule has 0 fully saturated rings. The molecule has 0 aliphatic carbocycles. The van der Waals surface area contributed by atoms with Gasteiger partial charge in [-0.3, -0.25) is 0 Å². The van der Waals surface area contributed by atoms with Gasteiger partial charge >= 0.3 is 0 Å². The third-order valence-electron chi connectivity index (χ3n) is 4.10. The first kappa shape index (κ1) is 14.9. The Labute approximate surface area is 145 Å². The van der Waals surface area contributed by atoms with Crippen LogP contribution >= 0.6 is 11.6 Å². The van der Waals surface area contributed by atoms with Crippen molar-refractivity contribution in [2.45, 2.75) is 19.4 Å². The molecule has 1 N–H and O–H groups in total. The minimum absolute atomic E-state index is 0.336. The van der Waals surface area contributed by atoms with Gasteiger partial charge in [-0.15, -0.1) is 5.10 Å². The van der Waals surface area contributed by atoms with E-state index in [0.29, 0.717) is 17.0 Å². The molecule has 120 valence electrons. The molecule has 1 aliphatic heterocycles. The summed E-state index contributed by atoms with van der Waals surface area (Å²) in [7, 11) is 0. The van der Waals surface area contributed by atoms with Crippen molar-refractivity contribution < 1.29 is 0 Å². The number of nitrogens with zero attached hydrogens (tertiary/aromatic N) is 4. The van der Waals surface area contributed by atoms with Gasteiger partial charge in [-0.05, 0) is 49.2 Å². The first-order valence-electron chi connectivity index (χ1n) is 7.80. The number of anilines is 4. The van der Waals surface area contributed by atoms with E-state index in [0.717, 1.165) is 17.9 Å². The van der Waals surface area contributed by atoms with Crippen LogP contribution in [0.1, 0.15) is 12.5 Å². The van der Waals surface area contributed by atoms with E-state index >= 15 is 0 Å². The SMILES string of the molecule is CC1Cc2ccccc2N1c1cnnc(Nc2ccc(Cl)cc2)n1. The van der Waals surface area contributed by atoms with E-state index in [1.807, 2.05) is 30.3 Å². The molecule has 1 unspecified atom stereocenters. The molecule has 1 atom stereocenters. The first-order chi connectivity index (χ1) is 11.7. The maximum atomic E-state index is 5.91. The number of rotatable bonds is 3. The molecule has 2 aromatic carbocycles. The second kappa shape index (κ2) is 6.09. The van der Waals surface area contributed by atoms with Gasteiger partial charge in [-0.1, -0.05) is 29.8 Å². The van der Waals surface area contributed by atoms with Gasteiger partial charge in [-0.25, -0.2) is 0 Å². The Balaban J connectivity index is 1.64. The molecule has 0 radical (unpaired) electrons. The average Bonchev–Trinajstić information content (AvgIpc) is 2.93. The molecule has 6 heteroatoms. The maximum Gasteiger partial charge on any atom is 0.249 e. The van der Waals surface area contributed by atoms with Crippen molar-refractivity contribution in [2.24, 2.45) is 0 Å². The van der Waals surface area contributed by atoms with Crippen molar-refractivity contribution in [3.05, 3.63) is 65.3 Å². The Morgan fingerprint density at radius 2 is 1.92 bits per heavy atom. The smallest absolute Gasteiger partial charge is 0.249 e. The zero-order chi connectivity index (χ0) is 16.5. The Kier molecular flexibility index (Phi) is 3.78. The van der Waals surface area contributed by atoms with Crippen LogP contribution in [0.3, 0.4) is 0 Å². The molecular formula is C18H16ClN5. The first-order valence-corrected chi connectivity index (χ1v) is 8.18. The Hall–Kier alpha value is -2.66. The third kappa shape index (κ3) is 2.78. The van der Waals surface area contributed by atoms with E-state index in [1.54, 1.807) is 6.20 Å². The summed E-state index contributed by atoms with van der Waals surface area (Å²) in [5.74, 6) is 1.25. The standard InChI is InChI=1S/C18H16ClN5/c1-12-10-13-4-2-3-5-16(13)24(12)17-11-20-23-18(22-17)21-15-8-6-14(19)7-9-15/h2-9,11-12H,10H2,1H3,(H,21,22,23). The van der Waals surface area contributed by atoms with Crippen LogP contribution in [0.5, 0.6) is 0 Å². The lowest BCUT2D eigenvalue weighted by Crippen LogP contribution is -2.25. The number of fused-ring (bicyclic) bond motifs is 1. The average molecular weight is 338 g/mol. The molecule has 2 heterocycles. The summed E-state index contributed by atoms with van der Waals surface area (Å²) < 4.78 is 0. The summed E-state index contributed by atoms with van der Waals surface area (Å²) in [5.41, 5.74) is 3.38. The summed E-state index contributed by atoms with van der Waals surface area (Å²) in [6.45, 7) is 2.19. The van der Waals surface area contributed by atoms with E-state index in [-0.39, 0.29) is 0 Å². The number of aromatic nitrogens is 3. The van der Waals surface area contributed by atoms with E-state index in [2.05, 4.69) is 50.5 Å².